The maximum atomic E-state index is 10.9. The zero-order valence-corrected chi connectivity index (χ0v) is 7.98. The topological polar surface area (TPSA) is 85.7 Å². The number of carboxylic acids is 1. The van der Waals surface area contributed by atoms with E-state index in [1.807, 2.05) is 0 Å². The van der Waals surface area contributed by atoms with Gasteiger partial charge in [0.1, 0.15) is 11.3 Å². The van der Waals surface area contributed by atoms with Crippen molar-refractivity contribution in [3.63, 3.8) is 0 Å². The summed E-state index contributed by atoms with van der Waals surface area (Å²) >= 11 is 0. The number of carboxylic acid groups (broad SMARTS) is 1. The highest BCUT2D eigenvalue weighted by Crippen LogP contribution is 2.34. The molecule has 5 nitrogen and oxygen atoms in total. The van der Waals surface area contributed by atoms with Crippen LogP contribution in [0.15, 0.2) is 22.8 Å². The van der Waals surface area contributed by atoms with Crippen LogP contribution in [0.3, 0.4) is 0 Å². The molecule has 2 aromatic rings. The lowest BCUT2D eigenvalue weighted by Gasteiger charge is -2.07. The van der Waals surface area contributed by atoms with Crippen LogP contribution in [-0.2, 0) is 0 Å². The first kappa shape index (κ1) is 9.39. The van der Waals surface area contributed by atoms with Crippen molar-refractivity contribution < 1.29 is 19.1 Å². The van der Waals surface area contributed by atoms with E-state index < -0.39 is 5.97 Å². The van der Waals surface area contributed by atoms with E-state index in [-0.39, 0.29) is 17.0 Å². The minimum Gasteiger partial charge on any atom is -0.495 e. The molecule has 0 radical (unpaired) electrons. The number of furan rings is 1. The zero-order chi connectivity index (χ0) is 11.0. The second-order valence-corrected chi connectivity index (χ2v) is 3.02. The maximum Gasteiger partial charge on any atom is 0.339 e. The lowest BCUT2D eigenvalue weighted by atomic mass is 10.1. The second kappa shape index (κ2) is 3.20. The molecule has 0 atom stereocenters. The molecule has 2 rings (SSSR count). The molecule has 0 saturated carbocycles. The predicted octanol–water partition coefficient (Wildman–Crippen LogP) is 1.72. The van der Waals surface area contributed by atoms with Crippen molar-refractivity contribution >= 4 is 22.6 Å². The second-order valence-electron chi connectivity index (χ2n) is 3.02. The number of hydrogen-bond donors (Lipinski definition) is 2. The fourth-order valence-electron chi connectivity index (χ4n) is 1.52. The van der Waals surface area contributed by atoms with E-state index in [9.17, 15) is 4.79 Å². The molecule has 3 N–H and O–H groups in total. The van der Waals surface area contributed by atoms with Crippen LogP contribution in [0.25, 0.3) is 11.0 Å². The lowest BCUT2D eigenvalue weighted by Crippen LogP contribution is -2.02. The van der Waals surface area contributed by atoms with E-state index >= 15 is 0 Å². The Morgan fingerprint density at radius 1 is 1.60 bits per heavy atom. The Kier molecular flexibility index (Phi) is 2.00. The highest BCUT2D eigenvalue weighted by Gasteiger charge is 2.18. The number of fused-ring (bicyclic) bond motifs is 1. The van der Waals surface area contributed by atoms with Crippen LogP contribution in [0.1, 0.15) is 10.4 Å². The normalized spacial score (nSPS) is 10.5. The Balaban J connectivity index is 2.87. The van der Waals surface area contributed by atoms with E-state index in [1.165, 1.54) is 19.4 Å². The number of aromatic carboxylic acids is 1. The predicted molar refractivity (Wildman–Crippen MR) is 54.1 cm³/mol. The standard InChI is InChI=1S/C10H9NO4/c1-14-8-5-2-3-15-9(5)7(11)4-6(8)10(12)13/h2-4H,11H2,1H3,(H,12,13). The first-order chi connectivity index (χ1) is 7.15. The van der Waals surface area contributed by atoms with Gasteiger partial charge in [-0.25, -0.2) is 4.79 Å². The Labute approximate surface area is 85.0 Å². The average molecular weight is 207 g/mol. The van der Waals surface area contributed by atoms with Crippen LogP contribution in [0, 0.1) is 0 Å². The lowest BCUT2D eigenvalue weighted by molar-refractivity contribution is 0.0693. The molecule has 1 heterocycles. The number of benzene rings is 1. The van der Waals surface area contributed by atoms with Crippen LogP contribution < -0.4 is 10.5 Å². The molecule has 0 aliphatic rings. The zero-order valence-electron chi connectivity index (χ0n) is 7.98. The van der Waals surface area contributed by atoms with Crippen molar-refractivity contribution in [1.82, 2.24) is 0 Å². The van der Waals surface area contributed by atoms with Gasteiger partial charge in [0.25, 0.3) is 0 Å². The average Bonchev–Trinajstić information content (AvgIpc) is 2.66. The van der Waals surface area contributed by atoms with Crippen LogP contribution >= 0.6 is 0 Å². The smallest absolute Gasteiger partial charge is 0.339 e. The van der Waals surface area contributed by atoms with Gasteiger partial charge in [-0.3, -0.25) is 0 Å². The van der Waals surface area contributed by atoms with Crippen LogP contribution in [0.5, 0.6) is 5.75 Å². The van der Waals surface area contributed by atoms with Crippen LogP contribution in [0.4, 0.5) is 5.69 Å². The largest absolute Gasteiger partial charge is 0.495 e. The number of ether oxygens (including phenoxy) is 1. The molecule has 78 valence electrons. The molecule has 0 saturated heterocycles. The van der Waals surface area contributed by atoms with Gasteiger partial charge < -0.3 is 20.0 Å². The highest BCUT2D eigenvalue weighted by atomic mass is 16.5. The van der Waals surface area contributed by atoms with E-state index in [4.69, 9.17) is 20.0 Å². The summed E-state index contributed by atoms with van der Waals surface area (Å²) in [6.45, 7) is 0. The molecule has 0 spiro atoms. The molecule has 1 aromatic carbocycles. The van der Waals surface area contributed by atoms with Crippen molar-refractivity contribution in [1.29, 1.82) is 0 Å². The molecule has 0 unspecified atom stereocenters. The van der Waals surface area contributed by atoms with Gasteiger partial charge in [-0.15, -0.1) is 0 Å². The SMILES string of the molecule is COc1c(C(=O)O)cc(N)c2occc12. The molecular formula is C10H9NO4. The summed E-state index contributed by atoms with van der Waals surface area (Å²) in [6.07, 6.45) is 1.44. The minimum atomic E-state index is -1.08. The number of methoxy groups -OCH3 is 1. The molecule has 0 bridgehead atoms. The van der Waals surface area contributed by atoms with Gasteiger partial charge in [0.15, 0.2) is 5.58 Å². The summed E-state index contributed by atoms with van der Waals surface area (Å²) < 4.78 is 10.2. The molecular weight excluding hydrogens is 198 g/mol. The number of hydrogen-bond acceptors (Lipinski definition) is 4. The number of carbonyl (C=O) groups is 1. The van der Waals surface area contributed by atoms with Gasteiger partial charge in [-0.1, -0.05) is 0 Å². The monoisotopic (exact) mass is 207 g/mol. The highest BCUT2D eigenvalue weighted by molar-refractivity contribution is 6.03. The van der Waals surface area contributed by atoms with Gasteiger partial charge in [0.2, 0.25) is 0 Å². The van der Waals surface area contributed by atoms with Gasteiger partial charge >= 0.3 is 5.97 Å². The first-order valence-corrected chi connectivity index (χ1v) is 4.22. The number of rotatable bonds is 2. The molecule has 15 heavy (non-hydrogen) atoms. The van der Waals surface area contributed by atoms with E-state index in [2.05, 4.69) is 0 Å². The summed E-state index contributed by atoms with van der Waals surface area (Å²) in [5.41, 5.74) is 6.41. The van der Waals surface area contributed by atoms with Gasteiger partial charge in [-0.05, 0) is 12.1 Å². The Hall–Kier alpha value is -2.17. The number of anilines is 1. The van der Waals surface area contributed by atoms with E-state index in [1.54, 1.807) is 6.07 Å². The van der Waals surface area contributed by atoms with Crippen LogP contribution in [-0.4, -0.2) is 18.2 Å². The third kappa shape index (κ3) is 1.28. The van der Waals surface area contributed by atoms with Crippen molar-refractivity contribution in [2.75, 3.05) is 12.8 Å². The third-order valence-electron chi connectivity index (χ3n) is 2.15. The third-order valence-corrected chi connectivity index (χ3v) is 2.15. The Morgan fingerprint density at radius 3 is 2.93 bits per heavy atom. The van der Waals surface area contributed by atoms with Gasteiger partial charge in [0, 0.05) is 0 Å². The number of nitrogen functional groups attached to an aromatic ring is 1. The Morgan fingerprint density at radius 2 is 2.33 bits per heavy atom. The molecule has 0 aliphatic carbocycles. The first-order valence-electron chi connectivity index (χ1n) is 4.22. The summed E-state index contributed by atoms with van der Waals surface area (Å²) in [5, 5.41) is 9.52. The van der Waals surface area contributed by atoms with Crippen LogP contribution in [0.2, 0.25) is 0 Å². The molecule has 0 fully saturated rings. The summed E-state index contributed by atoms with van der Waals surface area (Å²) in [7, 11) is 1.41. The summed E-state index contributed by atoms with van der Waals surface area (Å²) in [4.78, 5) is 10.9. The Bertz CT molecular complexity index is 529. The van der Waals surface area contributed by atoms with Crippen molar-refractivity contribution in [2.24, 2.45) is 0 Å². The minimum absolute atomic E-state index is 0.0314. The fraction of sp³-hybridized carbons (Fsp3) is 0.100. The van der Waals surface area contributed by atoms with Crippen molar-refractivity contribution in [3.05, 3.63) is 24.0 Å². The summed E-state index contributed by atoms with van der Waals surface area (Å²) in [6, 6.07) is 2.95. The number of nitrogens with two attached hydrogens (primary N) is 1. The van der Waals surface area contributed by atoms with E-state index in [0.717, 1.165) is 0 Å². The maximum absolute atomic E-state index is 10.9. The molecule has 0 aliphatic heterocycles. The molecule has 0 amide bonds. The van der Waals surface area contributed by atoms with E-state index in [0.29, 0.717) is 11.0 Å². The summed E-state index contributed by atoms with van der Waals surface area (Å²) in [5.74, 6) is -0.817. The quantitative estimate of drug-likeness (QED) is 0.732. The van der Waals surface area contributed by atoms with Crippen molar-refractivity contribution in [2.45, 2.75) is 0 Å². The molecule has 1 aromatic heterocycles. The fourth-order valence-corrected chi connectivity index (χ4v) is 1.52. The van der Waals surface area contributed by atoms with Crippen molar-refractivity contribution in [3.8, 4) is 5.75 Å². The van der Waals surface area contributed by atoms with Gasteiger partial charge in [0.05, 0.1) is 24.4 Å². The molecule has 5 heteroatoms. The van der Waals surface area contributed by atoms with Gasteiger partial charge in [-0.2, -0.15) is 0 Å².